The third kappa shape index (κ3) is 2.44. The van der Waals surface area contributed by atoms with Crippen LogP contribution in [0, 0.1) is 0 Å². The van der Waals surface area contributed by atoms with E-state index in [2.05, 4.69) is 11.4 Å². The van der Waals surface area contributed by atoms with Crippen molar-refractivity contribution in [1.82, 2.24) is 5.32 Å². The van der Waals surface area contributed by atoms with Gasteiger partial charge in [0.15, 0.2) is 0 Å². The van der Waals surface area contributed by atoms with Gasteiger partial charge in [-0.2, -0.15) is 0 Å². The smallest absolute Gasteiger partial charge is 0.134 e. The van der Waals surface area contributed by atoms with Crippen LogP contribution in [0.3, 0.4) is 0 Å². The highest BCUT2D eigenvalue weighted by Gasteiger charge is 2.20. The minimum atomic E-state index is 0.694. The Hall–Kier alpha value is -1.48. The summed E-state index contributed by atoms with van der Waals surface area (Å²) in [6.45, 7) is 3.51. The summed E-state index contributed by atoms with van der Waals surface area (Å²) in [5.74, 6) is 1.91. The average Bonchev–Trinajstić information content (AvgIpc) is 3.06. The number of rotatable bonds is 5. The third-order valence-electron chi connectivity index (χ3n) is 2.99. The largest absolute Gasteiger partial charge is 0.494 e. The van der Waals surface area contributed by atoms with Crippen molar-refractivity contribution in [3.8, 4) is 5.75 Å². The Morgan fingerprint density at radius 2 is 2.24 bits per heavy atom. The summed E-state index contributed by atoms with van der Waals surface area (Å²) >= 11 is 0. The molecule has 17 heavy (non-hydrogen) atoms. The summed E-state index contributed by atoms with van der Waals surface area (Å²) in [5, 5.41) is 4.56. The fourth-order valence-electron chi connectivity index (χ4n) is 1.95. The van der Waals surface area contributed by atoms with E-state index in [9.17, 15) is 0 Å². The molecule has 1 fully saturated rings. The first kappa shape index (κ1) is 10.7. The Morgan fingerprint density at radius 1 is 1.35 bits per heavy atom. The zero-order valence-electron chi connectivity index (χ0n) is 10.0. The average molecular weight is 231 g/mol. The van der Waals surface area contributed by atoms with Gasteiger partial charge in [-0.1, -0.05) is 0 Å². The maximum atomic E-state index is 5.76. The lowest BCUT2D eigenvalue weighted by Crippen LogP contribution is -2.14. The van der Waals surface area contributed by atoms with Crippen LogP contribution in [0.5, 0.6) is 5.75 Å². The molecule has 1 aliphatic rings. The molecule has 1 saturated carbocycles. The minimum Gasteiger partial charge on any atom is -0.494 e. The molecule has 3 rings (SSSR count). The van der Waals surface area contributed by atoms with E-state index in [4.69, 9.17) is 9.15 Å². The number of furan rings is 1. The van der Waals surface area contributed by atoms with Gasteiger partial charge in [-0.05, 0) is 44.0 Å². The Labute approximate surface area is 101 Å². The van der Waals surface area contributed by atoms with Gasteiger partial charge in [-0.25, -0.2) is 0 Å². The van der Waals surface area contributed by atoms with Crippen molar-refractivity contribution in [2.24, 2.45) is 0 Å². The molecule has 3 nitrogen and oxygen atoms in total. The predicted octanol–water partition coefficient (Wildman–Crippen LogP) is 3.08. The van der Waals surface area contributed by atoms with Gasteiger partial charge in [0.05, 0.1) is 13.2 Å². The maximum absolute atomic E-state index is 5.76. The van der Waals surface area contributed by atoms with Crippen LogP contribution in [0.1, 0.15) is 25.5 Å². The van der Waals surface area contributed by atoms with Gasteiger partial charge < -0.3 is 14.5 Å². The molecule has 0 aliphatic heterocycles. The van der Waals surface area contributed by atoms with Crippen molar-refractivity contribution < 1.29 is 9.15 Å². The van der Waals surface area contributed by atoms with Crippen molar-refractivity contribution in [3.63, 3.8) is 0 Å². The molecule has 0 bridgehead atoms. The summed E-state index contributed by atoms with van der Waals surface area (Å²) in [7, 11) is 0. The molecule has 0 radical (unpaired) electrons. The molecule has 0 spiro atoms. The van der Waals surface area contributed by atoms with Crippen LogP contribution < -0.4 is 10.1 Å². The van der Waals surface area contributed by atoms with Gasteiger partial charge in [0.2, 0.25) is 0 Å². The fraction of sp³-hybridized carbons (Fsp3) is 0.429. The van der Waals surface area contributed by atoms with Crippen LogP contribution >= 0.6 is 0 Å². The van der Waals surface area contributed by atoms with Crippen LogP contribution in [0.2, 0.25) is 0 Å². The summed E-state index contributed by atoms with van der Waals surface area (Å²) in [6, 6.07) is 8.76. The SMILES string of the molecule is CCOc1ccc2oc(CNC3CC3)cc2c1. The molecule has 90 valence electrons. The van der Waals surface area contributed by atoms with E-state index in [1.54, 1.807) is 0 Å². The molecular weight excluding hydrogens is 214 g/mol. The van der Waals surface area contributed by atoms with Gasteiger partial charge in [0.1, 0.15) is 17.1 Å². The summed E-state index contributed by atoms with van der Waals surface area (Å²) < 4.78 is 11.2. The van der Waals surface area contributed by atoms with Gasteiger partial charge in [0, 0.05) is 11.4 Å². The number of fused-ring (bicyclic) bond motifs is 1. The molecule has 3 heteroatoms. The molecule has 1 aromatic heterocycles. The van der Waals surface area contributed by atoms with Crippen molar-refractivity contribution in [2.45, 2.75) is 32.4 Å². The number of nitrogens with one attached hydrogen (secondary N) is 1. The second-order valence-electron chi connectivity index (χ2n) is 4.50. The second kappa shape index (κ2) is 4.41. The molecule has 0 amide bonds. The van der Waals surface area contributed by atoms with E-state index in [1.165, 1.54) is 12.8 Å². The first-order valence-corrected chi connectivity index (χ1v) is 6.24. The zero-order valence-corrected chi connectivity index (χ0v) is 10.0. The normalized spacial score (nSPS) is 15.4. The standard InChI is InChI=1S/C14H17NO2/c1-2-16-12-5-6-14-10(7-12)8-13(17-14)9-15-11-3-4-11/h5-8,11,15H,2-4,9H2,1H3. The Morgan fingerprint density at radius 3 is 3.00 bits per heavy atom. The summed E-state index contributed by atoms with van der Waals surface area (Å²) in [6.07, 6.45) is 2.60. The molecule has 0 atom stereocenters. The van der Waals surface area contributed by atoms with Crippen molar-refractivity contribution in [2.75, 3.05) is 6.61 Å². The molecule has 0 unspecified atom stereocenters. The lowest BCUT2D eigenvalue weighted by Gasteiger charge is -2.00. The zero-order chi connectivity index (χ0) is 11.7. The van der Waals surface area contributed by atoms with E-state index >= 15 is 0 Å². The Kier molecular flexibility index (Phi) is 2.77. The van der Waals surface area contributed by atoms with Crippen LogP contribution in [-0.4, -0.2) is 12.6 Å². The van der Waals surface area contributed by atoms with Crippen molar-refractivity contribution in [1.29, 1.82) is 0 Å². The van der Waals surface area contributed by atoms with E-state index < -0.39 is 0 Å². The summed E-state index contributed by atoms with van der Waals surface area (Å²) in [5.41, 5.74) is 0.932. The molecule has 0 saturated heterocycles. The summed E-state index contributed by atoms with van der Waals surface area (Å²) in [4.78, 5) is 0. The Bertz CT molecular complexity index is 514. The van der Waals surface area contributed by atoms with Crippen LogP contribution in [0.15, 0.2) is 28.7 Å². The van der Waals surface area contributed by atoms with Crippen LogP contribution in [0.25, 0.3) is 11.0 Å². The monoisotopic (exact) mass is 231 g/mol. The third-order valence-corrected chi connectivity index (χ3v) is 2.99. The maximum Gasteiger partial charge on any atom is 0.134 e. The van der Waals surface area contributed by atoms with Crippen LogP contribution in [-0.2, 0) is 6.54 Å². The van der Waals surface area contributed by atoms with Gasteiger partial charge in [-0.3, -0.25) is 0 Å². The fourth-order valence-corrected chi connectivity index (χ4v) is 1.95. The van der Waals surface area contributed by atoms with E-state index in [-0.39, 0.29) is 0 Å². The van der Waals surface area contributed by atoms with Gasteiger partial charge in [-0.15, -0.1) is 0 Å². The molecule has 1 aliphatic carbocycles. The molecule has 2 aromatic rings. The van der Waals surface area contributed by atoms with E-state index in [1.807, 2.05) is 25.1 Å². The molecule has 1 aromatic carbocycles. The van der Waals surface area contributed by atoms with E-state index in [0.717, 1.165) is 29.0 Å². The quantitative estimate of drug-likeness (QED) is 0.858. The number of benzene rings is 1. The highest BCUT2D eigenvalue weighted by Crippen LogP contribution is 2.25. The molecule has 1 N–H and O–H groups in total. The molecule has 1 heterocycles. The number of hydrogen-bond acceptors (Lipinski definition) is 3. The van der Waals surface area contributed by atoms with Crippen molar-refractivity contribution >= 4 is 11.0 Å². The topological polar surface area (TPSA) is 34.4 Å². The highest BCUT2D eigenvalue weighted by molar-refractivity contribution is 5.79. The lowest BCUT2D eigenvalue weighted by atomic mass is 10.2. The van der Waals surface area contributed by atoms with Crippen molar-refractivity contribution in [3.05, 3.63) is 30.0 Å². The number of hydrogen-bond donors (Lipinski definition) is 1. The lowest BCUT2D eigenvalue weighted by molar-refractivity contribution is 0.340. The van der Waals surface area contributed by atoms with Gasteiger partial charge in [0.25, 0.3) is 0 Å². The first-order chi connectivity index (χ1) is 8.35. The number of ether oxygens (including phenoxy) is 1. The predicted molar refractivity (Wildman–Crippen MR) is 67.2 cm³/mol. The van der Waals surface area contributed by atoms with Gasteiger partial charge >= 0.3 is 0 Å². The second-order valence-corrected chi connectivity index (χ2v) is 4.50. The molecular formula is C14H17NO2. The first-order valence-electron chi connectivity index (χ1n) is 6.24. The minimum absolute atomic E-state index is 0.694. The highest BCUT2D eigenvalue weighted by atomic mass is 16.5. The van der Waals surface area contributed by atoms with E-state index in [0.29, 0.717) is 12.6 Å². The Balaban J connectivity index is 1.78. The van der Waals surface area contributed by atoms with Crippen LogP contribution in [0.4, 0.5) is 0 Å².